The topological polar surface area (TPSA) is 79.8 Å². The van der Waals surface area contributed by atoms with E-state index in [1.54, 1.807) is 24.3 Å². The number of nitrogens with one attached hydrogen (secondary N) is 1. The number of aromatic nitrogens is 2. The molecule has 9 heteroatoms. The summed E-state index contributed by atoms with van der Waals surface area (Å²) >= 11 is 4.66. The van der Waals surface area contributed by atoms with Gasteiger partial charge in [0.05, 0.1) is 11.2 Å². The van der Waals surface area contributed by atoms with Crippen molar-refractivity contribution in [3.63, 3.8) is 0 Å². The number of aryl methyl sites for hydroxylation is 1. The van der Waals surface area contributed by atoms with E-state index in [9.17, 15) is 4.79 Å². The summed E-state index contributed by atoms with van der Waals surface area (Å²) in [5.41, 5.74) is 3.62. The second-order valence-corrected chi connectivity index (χ2v) is 8.74. The molecule has 1 fully saturated rings. The SMILES string of the molecule is Cc1nc(N2CCC(N(C)C)CC2)nc2ccc(NC(=O)COc3ccc(OC=S)cc3)cc12. The molecule has 1 aliphatic heterocycles. The van der Waals surface area contributed by atoms with Crippen molar-refractivity contribution in [3.05, 3.63) is 48.2 Å². The summed E-state index contributed by atoms with van der Waals surface area (Å²) in [6, 6.07) is 13.2. The molecule has 1 aromatic heterocycles. The fourth-order valence-corrected chi connectivity index (χ4v) is 4.19. The molecule has 1 amide bonds. The first-order chi connectivity index (χ1) is 16.4. The highest BCUT2D eigenvalue weighted by Crippen LogP contribution is 2.25. The number of ether oxygens (including phenoxy) is 2. The van der Waals surface area contributed by atoms with Crippen LogP contribution >= 0.6 is 12.2 Å². The lowest BCUT2D eigenvalue weighted by Crippen LogP contribution is -2.42. The highest BCUT2D eigenvalue weighted by Gasteiger charge is 2.22. The Morgan fingerprint density at radius 3 is 2.53 bits per heavy atom. The van der Waals surface area contributed by atoms with Crippen molar-refractivity contribution >= 4 is 46.2 Å². The summed E-state index contributed by atoms with van der Waals surface area (Å²) < 4.78 is 10.7. The summed E-state index contributed by atoms with van der Waals surface area (Å²) in [6.07, 6.45) is 2.21. The third-order valence-corrected chi connectivity index (χ3v) is 6.11. The molecule has 0 unspecified atom stereocenters. The van der Waals surface area contributed by atoms with Crippen molar-refractivity contribution in [2.24, 2.45) is 0 Å². The molecule has 2 heterocycles. The number of carbonyl (C=O) groups excluding carboxylic acids is 1. The zero-order valence-electron chi connectivity index (χ0n) is 19.7. The first-order valence-corrected chi connectivity index (χ1v) is 11.7. The molecule has 1 N–H and O–H groups in total. The molecule has 0 aliphatic carbocycles. The van der Waals surface area contributed by atoms with Gasteiger partial charge in [0.1, 0.15) is 11.5 Å². The first-order valence-electron chi connectivity index (χ1n) is 11.3. The van der Waals surface area contributed by atoms with Crippen molar-refractivity contribution in [2.45, 2.75) is 25.8 Å². The lowest BCUT2D eigenvalue weighted by atomic mass is 10.0. The molecule has 0 spiro atoms. The normalized spacial score (nSPS) is 14.3. The minimum Gasteiger partial charge on any atom is -0.484 e. The van der Waals surface area contributed by atoms with E-state index in [0.717, 1.165) is 48.5 Å². The van der Waals surface area contributed by atoms with Gasteiger partial charge < -0.3 is 24.6 Å². The third-order valence-electron chi connectivity index (χ3n) is 6.01. The van der Waals surface area contributed by atoms with Gasteiger partial charge in [-0.2, -0.15) is 0 Å². The average Bonchev–Trinajstić information content (AvgIpc) is 2.84. The Bertz CT molecular complexity index is 1160. The van der Waals surface area contributed by atoms with Crippen LogP contribution in [0.3, 0.4) is 0 Å². The largest absolute Gasteiger partial charge is 0.484 e. The number of anilines is 2. The number of benzene rings is 2. The van der Waals surface area contributed by atoms with E-state index in [4.69, 9.17) is 19.4 Å². The third kappa shape index (κ3) is 5.78. The van der Waals surface area contributed by atoms with E-state index in [1.807, 2.05) is 25.1 Å². The summed E-state index contributed by atoms with van der Waals surface area (Å²) in [7, 11) is 4.27. The van der Waals surface area contributed by atoms with Crippen LogP contribution in [-0.4, -0.2) is 66.2 Å². The molecule has 8 nitrogen and oxygen atoms in total. The van der Waals surface area contributed by atoms with Crippen LogP contribution in [0.2, 0.25) is 0 Å². The molecule has 34 heavy (non-hydrogen) atoms. The lowest BCUT2D eigenvalue weighted by Gasteiger charge is -2.35. The maximum Gasteiger partial charge on any atom is 0.262 e. The van der Waals surface area contributed by atoms with Crippen LogP contribution in [0, 0.1) is 6.92 Å². The molecule has 2 aromatic carbocycles. The van der Waals surface area contributed by atoms with Gasteiger partial charge in [-0.15, -0.1) is 0 Å². The van der Waals surface area contributed by atoms with Gasteiger partial charge in [0.15, 0.2) is 12.2 Å². The van der Waals surface area contributed by atoms with Crippen LogP contribution in [0.1, 0.15) is 18.5 Å². The number of nitrogens with zero attached hydrogens (tertiary/aromatic N) is 4. The Hall–Kier alpha value is -3.30. The molecule has 0 radical (unpaired) electrons. The van der Waals surface area contributed by atoms with Crippen molar-refractivity contribution in [1.29, 1.82) is 0 Å². The molecule has 0 bridgehead atoms. The molecule has 0 saturated carbocycles. The van der Waals surface area contributed by atoms with E-state index >= 15 is 0 Å². The van der Waals surface area contributed by atoms with Crippen LogP contribution in [0.15, 0.2) is 42.5 Å². The fraction of sp³-hybridized carbons (Fsp3) is 0.360. The van der Waals surface area contributed by atoms with Gasteiger partial charge in [0, 0.05) is 30.2 Å². The van der Waals surface area contributed by atoms with Gasteiger partial charge in [-0.1, -0.05) is 0 Å². The van der Waals surface area contributed by atoms with Gasteiger partial charge in [-0.05, 0) is 88.5 Å². The number of fused-ring (bicyclic) bond motifs is 1. The predicted molar refractivity (Wildman–Crippen MR) is 138 cm³/mol. The predicted octanol–water partition coefficient (Wildman–Crippen LogP) is 3.82. The Morgan fingerprint density at radius 1 is 1.15 bits per heavy atom. The number of rotatable bonds is 8. The second-order valence-electron chi connectivity index (χ2n) is 8.55. The quantitative estimate of drug-likeness (QED) is 0.489. The molecule has 178 valence electrons. The standard InChI is InChI=1S/C25H29N5O3S/c1-17-22-14-18(27-24(31)15-32-20-5-7-21(8-6-20)33-16-34)4-9-23(22)28-25(26-17)30-12-10-19(11-13-30)29(2)3/h4-9,14,16,19H,10-13,15H2,1-3H3,(H,27,31). The number of thiocarbonyl (C=S) groups is 1. The van der Waals surface area contributed by atoms with Gasteiger partial charge >= 0.3 is 0 Å². The number of carbonyl (C=O) groups is 1. The summed E-state index contributed by atoms with van der Waals surface area (Å²) in [5, 5.41) is 3.80. The Labute approximate surface area is 204 Å². The number of hydrogen-bond donors (Lipinski definition) is 1. The Kier molecular flexibility index (Phi) is 7.54. The molecular weight excluding hydrogens is 450 g/mol. The maximum absolute atomic E-state index is 12.4. The van der Waals surface area contributed by atoms with Crippen molar-refractivity contribution in [2.75, 3.05) is 44.0 Å². The smallest absolute Gasteiger partial charge is 0.262 e. The summed E-state index contributed by atoms with van der Waals surface area (Å²) in [4.78, 5) is 26.5. The van der Waals surface area contributed by atoms with E-state index in [-0.39, 0.29) is 12.5 Å². The van der Waals surface area contributed by atoms with Gasteiger partial charge in [-0.3, -0.25) is 4.79 Å². The van der Waals surface area contributed by atoms with Gasteiger partial charge in [0.25, 0.3) is 5.91 Å². The molecule has 1 aliphatic rings. The lowest BCUT2D eigenvalue weighted by molar-refractivity contribution is -0.118. The Morgan fingerprint density at radius 2 is 1.85 bits per heavy atom. The maximum atomic E-state index is 12.4. The average molecular weight is 480 g/mol. The molecule has 0 atom stereocenters. The monoisotopic (exact) mass is 479 g/mol. The van der Waals surface area contributed by atoms with Gasteiger partial charge in [-0.25, -0.2) is 9.97 Å². The number of amides is 1. The van der Waals surface area contributed by atoms with E-state index in [0.29, 0.717) is 23.2 Å². The highest BCUT2D eigenvalue weighted by atomic mass is 32.1. The van der Waals surface area contributed by atoms with Crippen LogP contribution in [-0.2, 0) is 4.79 Å². The van der Waals surface area contributed by atoms with E-state index in [2.05, 4.69) is 41.4 Å². The van der Waals surface area contributed by atoms with Gasteiger partial charge in [0.2, 0.25) is 5.95 Å². The van der Waals surface area contributed by atoms with E-state index < -0.39 is 0 Å². The van der Waals surface area contributed by atoms with Crippen molar-refractivity contribution < 1.29 is 14.3 Å². The zero-order chi connectivity index (χ0) is 24.1. The molecule has 4 rings (SSSR count). The Balaban J connectivity index is 1.38. The van der Waals surface area contributed by atoms with E-state index in [1.165, 1.54) is 5.55 Å². The minimum atomic E-state index is -0.252. The first kappa shape index (κ1) is 23.8. The van der Waals surface area contributed by atoms with Crippen LogP contribution < -0.4 is 19.7 Å². The molecule has 1 saturated heterocycles. The highest BCUT2D eigenvalue weighted by molar-refractivity contribution is 7.78. The summed E-state index contributed by atoms with van der Waals surface area (Å²) in [5.74, 6) is 1.70. The van der Waals surface area contributed by atoms with Crippen LogP contribution in [0.4, 0.5) is 11.6 Å². The van der Waals surface area contributed by atoms with Crippen molar-refractivity contribution in [1.82, 2.24) is 14.9 Å². The fourth-order valence-electron chi connectivity index (χ4n) is 4.08. The second kappa shape index (κ2) is 10.8. The minimum absolute atomic E-state index is 0.108. The zero-order valence-corrected chi connectivity index (χ0v) is 20.5. The van der Waals surface area contributed by atoms with Crippen molar-refractivity contribution in [3.8, 4) is 11.5 Å². The van der Waals surface area contributed by atoms with Crippen LogP contribution in [0.25, 0.3) is 10.9 Å². The summed E-state index contributed by atoms with van der Waals surface area (Å²) in [6.45, 7) is 3.77. The molecular formula is C25H29N5O3S. The molecule has 3 aromatic rings. The number of hydrogen-bond acceptors (Lipinski definition) is 8. The number of piperidine rings is 1. The van der Waals surface area contributed by atoms with Crippen LogP contribution in [0.5, 0.6) is 11.5 Å².